The summed E-state index contributed by atoms with van der Waals surface area (Å²) in [5.74, 6) is -0.00626. The normalized spacial score (nSPS) is 15.9. The molecule has 1 aromatic heterocycles. The lowest BCUT2D eigenvalue weighted by Crippen LogP contribution is -2.32. The minimum absolute atomic E-state index is 0. The van der Waals surface area contributed by atoms with Crippen LogP contribution in [0.1, 0.15) is 34.9 Å². The van der Waals surface area contributed by atoms with Gasteiger partial charge in [-0.15, -0.1) is 12.4 Å². The van der Waals surface area contributed by atoms with Crippen LogP contribution >= 0.6 is 12.4 Å². The molecule has 158 valence electrons. The van der Waals surface area contributed by atoms with Gasteiger partial charge >= 0.3 is 0 Å². The number of ether oxygens (including phenoxy) is 1. The summed E-state index contributed by atoms with van der Waals surface area (Å²) in [6, 6.07) is 7.43. The number of aromatic nitrogens is 2. The molecular formula is C20H28ClN5O3. The maximum atomic E-state index is 12.7. The van der Waals surface area contributed by atoms with Gasteiger partial charge in [0.15, 0.2) is 12.3 Å². The van der Waals surface area contributed by atoms with Gasteiger partial charge in [-0.2, -0.15) is 5.10 Å². The van der Waals surface area contributed by atoms with Crippen LogP contribution in [-0.2, 0) is 4.79 Å². The summed E-state index contributed by atoms with van der Waals surface area (Å²) in [4.78, 5) is 25.9. The molecule has 1 aromatic carbocycles. The largest absolute Gasteiger partial charge is 0.482 e. The Labute approximate surface area is 177 Å². The van der Waals surface area contributed by atoms with E-state index in [-0.39, 0.29) is 36.9 Å². The lowest BCUT2D eigenvalue weighted by atomic mass is 10.1. The number of carbonyl (C=O) groups is 2. The Kier molecular flexibility index (Phi) is 8.04. The Morgan fingerprint density at radius 3 is 2.83 bits per heavy atom. The van der Waals surface area contributed by atoms with Crippen LogP contribution in [-0.4, -0.2) is 60.3 Å². The molecule has 8 nitrogen and oxygen atoms in total. The van der Waals surface area contributed by atoms with E-state index in [9.17, 15) is 9.59 Å². The average Bonchev–Trinajstić information content (AvgIpc) is 3.19. The standard InChI is InChI=1S/C20H27N5O3.ClH/c1-14-6-7-16(18(11-14)28-13-19(26)24(2)3)22-20(27)17-8-10-25(23-17)15-5-4-9-21-12-15;/h6-8,10-11,15,21H,4-5,9,12-13H2,1-3H3,(H,22,27);1H. The number of aryl methyl sites for hydroxylation is 1. The molecule has 1 fully saturated rings. The molecule has 2 amide bonds. The number of amides is 2. The maximum absolute atomic E-state index is 12.7. The minimum Gasteiger partial charge on any atom is -0.482 e. The van der Waals surface area contributed by atoms with E-state index in [0.717, 1.165) is 31.5 Å². The summed E-state index contributed by atoms with van der Waals surface area (Å²) in [7, 11) is 3.34. The van der Waals surface area contributed by atoms with Gasteiger partial charge in [-0.1, -0.05) is 6.07 Å². The van der Waals surface area contributed by atoms with Gasteiger partial charge in [-0.25, -0.2) is 0 Å². The highest BCUT2D eigenvalue weighted by molar-refractivity contribution is 6.03. The topological polar surface area (TPSA) is 88.5 Å². The SMILES string of the molecule is Cc1ccc(NC(=O)c2ccn(C3CCCNC3)n2)c(OCC(=O)N(C)C)c1.Cl. The van der Waals surface area contributed by atoms with Crippen molar-refractivity contribution in [2.75, 3.05) is 39.1 Å². The highest BCUT2D eigenvalue weighted by atomic mass is 35.5. The molecule has 2 N–H and O–H groups in total. The van der Waals surface area contributed by atoms with Gasteiger partial charge in [-0.05, 0) is 50.1 Å². The monoisotopic (exact) mass is 421 g/mol. The predicted octanol–water partition coefficient (Wildman–Crippen LogP) is 2.26. The Morgan fingerprint density at radius 1 is 1.34 bits per heavy atom. The van der Waals surface area contributed by atoms with Gasteiger partial charge in [-0.3, -0.25) is 14.3 Å². The number of piperidine rings is 1. The van der Waals surface area contributed by atoms with E-state index >= 15 is 0 Å². The summed E-state index contributed by atoms with van der Waals surface area (Å²) in [6.45, 7) is 3.71. The first kappa shape index (κ1) is 22.7. The summed E-state index contributed by atoms with van der Waals surface area (Å²) in [6.07, 6.45) is 3.99. The number of hydrogen-bond donors (Lipinski definition) is 2. The smallest absolute Gasteiger partial charge is 0.276 e. The van der Waals surface area contributed by atoms with Crippen LogP contribution in [0.15, 0.2) is 30.5 Å². The highest BCUT2D eigenvalue weighted by Crippen LogP contribution is 2.26. The molecule has 0 saturated carbocycles. The number of rotatable bonds is 6. The van der Waals surface area contributed by atoms with Gasteiger partial charge in [0.1, 0.15) is 5.75 Å². The summed E-state index contributed by atoms with van der Waals surface area (Å²) in [5, 5.41) is 10.6. The van der Waals surface area contributed by atoms with Gasteiger partial charge in [0.05, 0.1) is 11.7 Å². The lowest BCUT2D eigenvalue weighted by molar-refractivity contribution is -0.130. The van der Waals surface area contributed by atoms with Crippen molar-refractivity contribution >= 4 is 29.9 Å². The fourth-order valence-corrected chi connectivity index (χ4v) is 3.03. The maximum Gasteiger partial charge on any atom is 0.276 e. The van der Waals surface area contributed by atoms with E-state index in [0.29, 0.717) is 17.1 Å². The number of hydrogen-bond acceptors (Lipinski definition) is 5. The number of halogens is 1. The van der Waals surface area contributed by atoms with Gasteiger partial charge in [0.2, 0.25) is 0 Å². The molecule has 2 aromatic rings. The summed E-state index contributed by atoms with van der Waals surface area (Å²) < 4.78 is 7.49. The third-order valence-corrected chi connectivity index (χ3v) is 4.72. The fraction of sp³-hybridized carbons (Fsp3) is 0.450. The van der Waals surface area contributed by atoms with Crippen molar-refractivity contribution < 1.29 is 14.3 Å². The zero-order valence-electron chi connectivity index (χ0n) is 17.0. The van der Waals surface area contributed by atoms with Gasteiger partial charge in [0.25, 0.3) is 11.8 Å². The first-order valence-corrected chi connectivity index (χ1v) is 9.45. The van der Waals surface area contributed by atoms with Crippen LogP contribution in [0.25, 0.3) is 0 Å². The van der Waals surface area contributed by atoms with Crippen LogP contribution in [0, 0.1) is 6.92 Å². The number of nitrogens with one attached hydrogen (secondary N) is 2. The second-order valence-corrected chi connectivity index (χ2v) is 7.21. The average molecular weight is 422 g/mol. The van der Waals surface area contributed by atoms with Crippen molar-refractivity contribution in [1.82, 2.24) is 20.0 Å². The van der Waals surface area contributed by atoms with E-state index in [1.165, 1.54) is 4.90 Å². The minimum atomic E-state index is -0.310. The Balaban J connectivity index is 0.00000300. The molecule has 1 unspecified atom stereocenters. The molecule has 0 aliphatic carbocycles. The molecule has 29 heavy (non-hydrogen) atoms. The van der Waals surface area contributed by atoms with Crippen molar-refractivity contribution in [3.8, 4) is 5.75 Å². The third kappa shape index (κ3) is 5.95. The first-order valence-electron chi connectivity index (χ1n) is 9.45. The molecule has 1 atom stereocenters. The zero-order chi connectivity index (χ0) is 20.1. The number of anilines is 1. The van der Waals surface area contributed by atoms with Crippen LogP contribution in [0.5, 0.6) is 5.75 Å². The highest BCUT2D eigenvalue weighted by Gasteiger charge is 2.19. The second-order valence-electron chi connectivity index (χ2n) is 7.21. The van der Waals surface area contributed by atoms with Gasteiger partial charge in [0, 0.05) is 26.8 Å². The number of likely N-dealkylation sites (N-methyl/N-ethyl adjacent to an activating group) is 1. The zero-order valence-corrected chi connectivity index (χ0v) is 17.8. The van der Waals surface area contributed by atoms with Crippen LogP contribution < -0.4 is 15.4 Å². The Hall–Kier alpha value is -2.58. The molecule has 0 radical (unpaired) electrons. The molecule has 3 rings (SSSR count). The van der Waals surface area contributed by atoms with Crippen LogP contribution in [0.2, 0.25) is 0 Å². The number of benzene rings is 1. The molecule has 1 aliphatic rings. The van der Waals surface area contributed by atoms with Crippen molar-refractivity contribution in [3.63, 3.8) is 0 Å². The Morgan fingerprint density at radius 2 is 2.14 bits per heavy atom. The quantitative estimate of drug-likeness (QED) is 0.746. The molecule has 1 saturated heterocycles. The molecule has 9 heteroatoms. The lowest BCUT2D eigenvalue weighted by Gasteiger charge is -2.22. The summed E-state index contributed by atoms with van der Waals surface area (Å²) >= 11 is 0. The van der Waals surface area contributed by atoms with Gasteiger partial charge < -0.3 is 20.3 Å². The number of nitrogens with zero attached hydrogens (tertiary/aromatic N) is 3. The van der Waals surface area contributed by atoms with Crippen molar-refractivity contribution in [1.29, 1.82) is 0 Å². The van der Waals surface area contributed by atoms with Crippen molar-refractivity contribution in [2.45, 2.75) is 25.8 Å². The third-order valence-electron chi connectivity index (χ3n) is 4.72. The van der Waals surface area contributed by atoms with E-state index in [1.807, 2.05) is 23.9 Å². The molecule has 0 spiro atoms. The second kappa shape index (κ2) is 10.3. The molecule has 1 aliphatic heterocycles. The predicted molar refractivity (Wildman–Crippen MR) is 114 cm³/mol. The molecule has 2 heterocycles. The van der Waals surface area contributed by atoms with E-state index < -0.39 is 0 Å². The van der Waals surface area contributed by atoms with Crippen molar-refractivity contribution in [2.24, 2.45) is 0 Å². The van der Waals surface area contributed by atoms with Crippen LogP contribution in [0.4, 0.5) is 5.69 Å². The first-order chi connectivity index (χ1) is 13.4. The number of carbonyl (C=O) groups excluding carboxylic acids is 2. The van der Waals surface area contributed by atoms with Crippen LogP contribution in [0.3, 0.4) is 0 Å². The molecule has 0 bridgehead atoms. The van der Waals surface area contributed by atoms with E-state index in [1.54, 1.807) is 32.3 Å². The molecular weight excluding hydrogens is 394 g/mol. The Bertz CT molecular complexity index is 846. The van der Waals surface area contributed by atoms with E-state index in [2.05, 4.69) is 15.7 Å². The fourth-order valence-electron chi connectivity index (χ4n) is 3.03. The summed E-state index contributed by atoms with van der Waals surface area (Å²) in [5.41, 5.74) is 1.83. The van der Waals surface area contributed by atoms with E-state index in [4.69, 9.17) is 4.74 Å². The van der Waals surface area contributed by atoms with Crippen molar-refractivity contribution in [3.05, 3.63) is 41.7 Å².